The van der Waals surface area contributed by atoms with Crippen molar-refractivity contribution < 1.29 is 4.74 Å². The molecule has 0 saturated carbocycles. The number of hydrogen-bond acceptors (Lipinski definition) is 3. The fourth-order valence-corrected chi connectivity index (χ4v) is 1.63. The fourth-order valence-electron chi connectivity index (χ4n) is 1.63. The van der Waals surface area contributed by atoms with E-state index in [-0.39, 0.29) is 6.10 Å². The minimum Gasteiger partial charge on any atom is -0.491 e. The van der Waals surface area contributed by atoms with Gasteiger partial charge in [0, 0.05) is 25.3 Å². The Morgan fingerprint density at radius 3 is 2.31 bits per heavy atom. The van der Waals surface area contributed by atoms with Gasteiger partial charge in [0.1, 0.15) is 5.75 Å². The van der Waals surface area contributed by atoms with Gasteiger partial charge in [-0.05, 0) is 45.0 Å². The molecule has 0 aromatic heterocycles. The summed E-state index contributed by atoms with van der Waals surface area (Å²) in [4.78, 5) is 2.25. The molecular formula is C13H22N2O. The zero-order chi connectivity index (χ0) is 12.0. The Morgan fingerprint density at radius 1 is 1.25 bits per heavy atom. The number of anilines is 1. The highest BCUT2D eigenvalue weighted by Gasteiger charge is 2.03. The number of hydrogen-bond donors (Lipinski definition) is 1. The molecule has 0 aliphatic heterocycles. The third kappa shape index (κ3) is 3.74. The van der Waals surface area contributed by atoms with E-state index in [0.29, 0.717) is 6.54 Å². The maximum Gasteiger partial charge on any atom is 0.119 e. The van der Waals surface area contributed by atoms with Gasteiger partial charge in [0.05, 0.1) is 6.10 Å². The van der Waals surface area contributed by atoms with Crippen LogP contribution in [-0.4, -0.2) is 25.7 Å². The third-order valence-electron chi connectivity index (χ3n) is 2.35. The Morgan fingerprint density at radius 2 is 1.88 bits per heavy atom. The summed E-state index contributed by atoms with van der Waals surface area (Å²) in [6.45, 7) is 8.73. The highest BCUT2D eigenvalue weighted by Crippen LogP contribution is 2.19. The molecule has 2 N–H and O–H groups in total. The molecule has 3 heteroatoms. The smallest absolute Gasteiger partial charge is 0.119 e. The molecule has 0 fully saturated rings. The third-order valence-corrected chi connectivity index (χ3v) is 2.35. The van der Waals surface area contributed by atoms with E-state index in [1.807, 2.05) is 26.0 Å². The van der Waals surface area contributed by atoms with Crippen molar-refractivity contribution in [1.29, 1.82) is 0 Å². The van der Waals surface area contributed by atoms with Gasteiger partial charge in [-0.3, -0.25) is 0 Å². The Labute approximate surface area is 98.2 Å². The summed E-state index contributed by atoms with van der Waals surface area (Å²) >= 11 is 0. The summed E-state index contributed by atoms with van der Waals surface area (Å²) in [6.07, 6.45) is 0.220. The molecule has 0 aliphatic rings. The van der Waals surface area contributed by atoms with Gasteiger partial charge in [-0.1, -0.05) is 0 Å². The van der Waals surface area contributed by atoms with Gasteiger partial charge in [-0.25, -0.2) is 0 Å². The Balaban J connectivity index is 2.69. The van der Waals surface area contributed by atoms with Crippen LogP contribution < -0.4 is 15.4 Å². The SMILES string of the molecule is CCN(CCN)c1ccc(OC(C)C)cc1. The van der Waals surface area contributed by atoms with Crippen molar-refractivity contribution in [1.82, 2.24) is 0 Å². The molecular weight excluding hydrogens is 200 g/mol. The van der Waals surface area contributed by atoms with E-state index in [0.717, 1.165) is 18.8 Å². The molecule has 1 rings (SSSR count). The standard InChI is InChI=1S/C13H22N2O/c1-4-15(10-9-14)12-5-7-13(8-6-12)16-11(2)3/h5-8,11H,4,9-10,14H2,1-3H3. The number of nitrogens with two attached hydrogens (primary N) is 1. The first-order chi connectivity index (χ1) is 7.67. The molecule has 16 heavy (non-hydrogen) atoms. The van der Waals surface area contributed by atoms with Gasteiger partial charge >= 0.3 is 0 Å². The first kappa shape index (κ1) is 12.8. The van der Waals surface area contributed by atoms with Crippen LogP contribution in [0.5, 0.6) is 5.75 Å². The summed E-state index contributed by atoms with van der Waals surface area (Å²) in [6, 6.07) is 8.18. The van der Waals surface area contributed by atoms with Crippen LogP contribution >= 0.6 is 0 Å². The number of rotatable bonds is 6. The van der Waals surface area contributed by atoms with Crippen molar-refractivity contribution in [3.8, 4) is 5.75 Å². The lowest BCUT2D eigenvalue weighted by Gasteiger charge is -2.22. The van der Waals surface area contributed by atoms with Crippen molar-refractivity contribution in [3.63, 3.8) is 0 Å². The first-order valence-corrected chi connectivity index (χ1v) is 5.89. The fraction of sp³-hybridized carbons (Fsp3) is 0.538. The second kappa shape index (κ2) is 6.38. The van der Waals surface area contributed by atoms with Crippen molar-refractivity contribution in [2.24, 2.45) is 5.73 Å². The van der Waals surface area contributed by atoms with E-state index in [2.05, 4.69) is 24.0 Å². The summed E-state index contributed by atoms with van der Waals surface area (Å²) in [5.74, 6) is 0.919. The minimum absolute atomic E-state index is 0.220. The summed E-state index contributed by atoms with van der Waals surface area (Å²) in [7, 11) is 0. The zero-order valence-corrected chi connectivity index (χ0v) is 10.4. The molecule has 0 radical (unpaired) electrons. The van der Waals surface area contributed by atoms with Gasteiger partial charge in [0.25, 0.3) is 0 Å². The number of benzene rings is 1. The molecule has 3 nitrogen and oxygen atoms in total. The largest absolute Gasteiger partial charge is 0.491 e. The predicted molar refractivity (Wildman–Crippen MR) is 69.1 cm³/mol. The van der Waals surface area contributed by atoms with Crippen LogP contribution in [0.15, 0.2) is 24.3 Å². The van der Waals surface area contributed by atoms with E-state index < -0.39 is 0 Å². The van der Waals surface area contributed by atoms with E-state index in [4.69, 9.17) is 10.5 Å². The summed E-state index contributed by atoms with van der Waals surface area (Å²) in [5.41, 5.74) is 6.77. The number of ether oxygens (including phenoxy) is 1. The highest BCUT2D eigenvalue weighted by atomic mass is 16.5. The van der Waals surface area contributed by atoms with Gasteiger partial charge in [0.15, 0.2) is 0 Å². The van der Waals surface area contributed by atoms with Crippen LogP contribution in [0.4, 0.5) is 5.69 Å². The average molecular weight is 222 g/mol. The second-order valence-corrected chi connectivity index (χ2v) is 4.03. The highest BCUT2D eigenvalue weighted by molar-refractivity contribution is 5.49. The normalized spacial score (nSPS) is 10.6. The van der Waals surface area contributed by atoms with Gasteiger partial charge in [0.2, 0.25) is 0 Å². The van der Waals surface area contributed by atoms with E-state index in [1.165, 1.54) is 5.69 Å². The molecule has 0 unspecified atom stereocenters. The van der Waals surface area contributed by atoms with Crippen LogP contribution in [0.1, 0.15) is 20.8 Å². The summed E-state index contributed by atoms with van der Waals surface area (Å²) < 4.78 is 5.60. The zero-order valence-electron chi connectivity index (χ0n) is 10.4. The first-order valence-electron chi connectivity index (χ1n) is 5.89. The Bertz CT molecular complexity index is 295. The molecule has 0 amide bonds. The number of likely N-dealkylation sites (N-methyl/N-ethyl adjacent to an activating group) is 1. The molecule has 0 aliphatic carbocycles. The van der Waals surface area contributed by atoms with E-state index in [1.54, 1.807) is 0 Å². The average Bonchev–Trinajstić information content (AvgIpc) is 2.26. The Hall–Kier alpha value is -1.22. The predicted octanol–water partition coefficient (Wildman–Crippen LogP) is 2.26. The molecule has 0 heterocycles. The van der Waals surface area contributed by atoms with E-state index >= 15 is 0 Å². The van der Waals surface area contributed by atoms with Gasteiger partial charge in [-0.2, -0.15) is 0 Å². The van der Waals surface area contributed by atoms with E-state index in [9.17, 15) is 0 Å². The second-order valence-electron chi connectivity index (χ2n) is 4.03. The van der Waals surface area contributed by atoms with Crippen molar-refractivity contribution >= 4 is 5.69 Å². The molecule has 0 atom stereocenters. The van der Waals surface area contributed by atoms with Crippen molar-refractivity contribution in [2.45, 2.75) is 26.9 Å². The van der Waals surface area contributed by atoms with Crippen LogP contribution in [0.2, 0.25) is 0 Å². The maximum atomic E-state index is 5.60. The number of nitrogens with zero attached hydrogens (tertiary/aromatic N) is 1. The molecule has 90 valence electrons. The lowest BCUT2D eigenvalue weighted by Crippen LogP contribution is -2.28. The van der Waals surface area contributed by atoms with Gasteiger partial charge in [-0.15, -0.1) is 0 Å². The van der Waals surface area contributed by atoms with Crippen LogP contribution in [0.25, 0.3) is 0 Å². The van der Waals surface area contributed by atoms with Crippen LogP contribution in [0.3, 0.4) is 0 Å². The van der Waals surface area contributed by atoms with Crippen LogP contribution in [0, 0.1) is 0 Å². The lowest BCUT2D eigenvalue weighted by molar-refractivity contribution is 0.242. The van der Waals surface area contributed by atoms with Crippen molar-refractivity contribution in [2.75, 3.05) is 24.5 Å². The molecule has 0 spiro atoms. The lowest BCUT2D eigenvalue weighted by atomic mass is 10.2. The van der Waals surface area contributed by atoms with Crippen LogP contribution in [-0.2, 0) is 0 Å². The molecule has 1 aromatic carbocycles. The topological polar surface area (TPSA) is 38.5 Å². The minimum atomic E-state index is 0.220. The van der Waals surface area contributed by atoms with Crippen molar-refractivity contribution in [3.05, 3.63) is 24.3 Å². The molecule has 0 saturated heterocycles. The molecule has 0 bridgehead atoms. The quantitative estimate of drug-likeness (QED) is 0.802. The van der Waals surface area contributed by atoms with Gasteiger partial charge < -0.3 is 15.4 Å². The Kier molecular flexibility index (Phi) is 5.12. The molecule has 1 aromatic rings. The maximum absolute atomic E-state index is 5.60. The monoisotopic (exact) mass is 222 g/mol. The summed E-state index contributed by atoms with van der Waals surface area (Å²) in [5, 5.41) is 0.